The van der Waals surface area contributed by atoms with E-state index in [9.17, 15) is 24.6 Å². The Morgan fingerprint density at radius 1 is 0.974 bits per heavy atom. The maximum atomic E-state index is 13.5. The van der Waals surface area contributed by atoms with Gasteiger partial charge in [-0.15, -0.1) is 0 Å². The molecule has 4 aromatic rings. The molecular formula is C29H28ClN3O5. The summed E-state index contributed by atoms with van der Waals surface area (Å²) in [5, 5.41) is 23.3. The van der Waals surface area contributed by atoms with Gasteiger partial charge in [0.1, 0.15) is 17.6 Å². The Kier molecular flexibility index (Phi) is 8.43. The molecule has 1 atom stereocenters. The fraction of sp³-hybridized carbons (Fsp3) is 0.241. The number of aliphatic carboxylic acids is 1. The predicted octanol–water partition coefficient (Wildman–Crippen LogP) is 5.20. The Labute approximate surface area is 224 Å². The van der Waals surface area contributed by atoms with Gasteiger partial charge in [0.15, 0.2) is 5.15 Å². The van der Waals surface area contributed by atoms with E-state index in [1.807, 2.05) is 37.3 Å². The van der Waals surface area contributed by atoms with Crippen molar-refractivity contribution in [2.24, 2.45) is 0 Å². The Hall–Kier alpha value is -4.17. The van der Waals surface area contributed by atoms with Gasteiger partial charge in [0.25, 0.3) is 5.91 Å². The van der Waals surface area contributed by atoms with E-state index in [0.29, 0.717) is 17.6 Å². The van der Waals surface area contributed by atoms with Crippen LogP contribution in [-0.4, -0.2) is 43.7 Å². The molecule has 0 saturated heterocycles. The Bertz CT molecular complexity index is 1480. The number of nitrogens with one attached hydrogen (secondary N) is 1. The van der Waals surface area contributed by atoms with Gasteiger partial charge in [-0.05, 0) is 34.4 Å². The molecule has 0 aliphatic carbocycles. The molecule has 3 N–H and O–H groups in total. The standard InChI is InChI=1S/C29H28ClN3O5/c1-2-3-13-24-32-26(30)25(27(34)31-23(29(37)38)16-18-9-5-4-6-10-18)33(24)17-19-14-15-22(28(35)36)21-12-8-7-11-20(19)21/h4-12,14-15,23H,2-3,13,16-17H2,1H3,(H,31,34)(H,35,36)(H,37,38). The first-order chi connectivity index (χ1) is 18.3. The Balaban J connectivity index is 1.73. The molecule has 3 aromatic carbocycles. The summed E-state index contributed by atoms with van der Waals surface area (Å²) in [5.41, 5.74) is 1.81. The van der Waals surface area contributed by atoms with E-state index >= 15 is 0 Å². The second-order valence-corrected chi connectivity index (χ2v) is 9.39. The molecule has 9 heteroatoms. The van der Waals surface area contributed by atoms with Crippen LogP contribution in [0.25, 0.3) is 10.8 Å². The zero-order valence-corrected chi connectivity index (χ0v) is 21.6. The Morgan fingerprint density at radius 3 is 2.32 bits per heavy atom. The Morgan fingerprint density at radius 2 is 1.66 bits per heavy atom. The molecule has 0 fully saturated rings. The molecular weight excluding hydrogens is 506 g/mol. The van der Waals surface area contributed by atoms with Crippen molar-refractivity contribution < 1.29 is 24.6 Å². The first-order valence-electron chi connectivity index (χ1n) is 12.4. The van der Waals surface area contributed by atoms with Crippen LogP contribution >= 0.6 is 11.6 Å². The molecule has 4 rings (SSSR count). The number of hydrogen-bond donors (Lipinski definition) is 3. The summed E-state index contributed by atoms with van der Waals surface area (Å²) in [4.78, 5) is 41.7. The number of benzene rings is 3. The number of unbranched alkanes of at least 4 members (excludes halogenated alkanes) is 1. The third-order valence-corrected chi connectivity index (χ3v) is 6.70. The number of halogens is 1. The summed E-state index contributed by atoms with van der Waals surface area (Å²) in [6, 6.07) is 18.3. The van der Waals surface area contributed by atoms with Gasteiger partial charge in [-0.25, -0.2) is 14.6 Å². The summed E-state index contributed by atoms with van der Waals surface area (Å²) in [6.45, 7) is 2.25. The predicted molar refractivity (Wildman–Crippen MR) is 145 cm³/mol. The number of imidazole rings is 1. The third kappa shape index (κ3) is 5.86. The molecule has 0 saturated carbocycles. The summed E-state index contributed by atoms with van der Waals surface area (Å²) < 4.78 is 1.71. The number of carboxylic acid groups (broad SMARTS) is 2. The van der Waals surface area contributed by atoms with Crippen LogP contribution in [0.2, 0.25) is 5.15 Å². The van der Waals surface area contributed by atoms with Gasteiger partial charge in [-0.3, -0.25) is 4.79 Å². The lowest BCUT2D eigenvalue weighted by atomic mass is 9.99. The van der Waals surface area contributed by atoms with E-state index in [1.165, 1.54) is 0 Å². The highest BCUT2D eigenvalue weighted by atomic mass is 35.5. The van der Waals surface area contributed by atoms with E-state index in [1.54, 1.807) is 41.0 Å². The van der Waals surface area contributed by atoms with E-state index in [2.05, 4.69) is 10.3 Å². The van der Waals surface area contributed by atoms with Crippen LogP contribution in [0, 0.1) is 0 Å². The van der Waals surface area contributed by atoms with Crippen LogP contribution < -0.4 is 5.32 Å². The van der Waals surface area contributed by atoms with Crippen molar-refractivity contribution in [1.29, 1.82) is 0 Å². The SMILES string of the molecule is CCCCc1nc(Cl)c(C(=O)NC(Cc2ccccc2)C(=O)O)n1Cc1ccc(C(=O)O)c2ccccc12. The smallest absolute Gasteiger partial charge is 0.336 e. The number of aromatic carboxylic acids is 1. The zero-order chi connectivity index (χ0) is 27.2. The van der Waals surface area contributed by atoms with Crippen molar-refractivity contribution in [1.82, 2.24) is 14.9 Å². The third-order valence-electron chi connectivity index (χ3n) is 6.43. The molecule has 196 valence electrons. The molecule has 38 heavy (non-hydrogen) atoms. The second kappa shape index (κ2) is 11.9. The fourth-order valence-corrected chi connectivity index (χ4v) is 4.80. The van der Waals surface area contributed by atoms with Crippen molar-refractivity contribution >= 4 is 40.2 Å². The number of aryl methyl sites for hydroxylation is 1. The van der Waals surface area contributed by atoms with Crippen LogP contribution in [0.4, 0.5) is 0 Å². The monoisotopic (exact) mass is 533 g/mol. The normalized spacial score (nSPS) is 11.8. The van der Waals surface area contributed by atoms with Gasteiger partial charge < -0.3 is 20.1 Å². The van der Waals surface area contributed by atoms with Crippen LogP contribution in [0.5, 0.6) is 0 Å². The number of carbonyl (C=O) groups is 3. The molecule has 1 heterocycles. The average Bonchev–Trinajstić information content (AvgIpc) is 3.21. The molecule has 1 aromatic heterocycles. The minimum absolute atomic E-state index is 0.0103. The van der Waals surface area contributed by atoms with E-state index < -0.39 is 23.9 Å². The van der Waals surface area contributed by atoms with E-state index in [4.69, 9.17) is 11.6 Å². The number of aromatic nitrogens is 2. The van der Waals surface area contributed by atoms with Crippen LogP contribution in [0.1, 0.15) is 57.6 Å². The highest BCUT2D eigenvalue weighted by Gasteiger charge is 2.27. The summed E-state index contributed by atoms with van der Waals surface area (Å²) >= 11 is 6.48. The number of nitrogens with zero attached hydrogens (tertiary/aromatic N) is 2. The molecule has 1 unspecified atom stereocenters. The number of carbonyl (C=O) groups excluding carboxylic acids is 1. The number of fused-ring (bicyclic) bond motifs is 1. The highest BCUT2D eigenvalue weighted by molar-refractivity contribution is 6.32. The zero-order valence-electron chi connectivity index (χ0n) is 20.9. The number of hydrogen-bond acceptors (Lipinski definition) is 4. The lowest BCUT2D eigenvalue weighted by Crippen LogP contribution is -2.43. The van der Waals surface area contributed by atoms with Crippen molar-refractivity contribution in [3.63, 3.8) is 0 Å². The molecule has 1 amide bonds. The molecule has 0 bridgehead atoms. The van der Waals surface area contributed by atoms with Crippen molar-refractivity contribution in [3.05, 3.63) is 100 Å². The summed E-state index contributed by atoms with van der Waals surface area (Å²) in [5.74, 6) is -2.23. The molecule has 0 aliphatic heterocycles. The molecule has 0 radical (unpaired) electrons. The lowest BCUT2D eigenvalue weighted by Gasteiger charge is -2.17. The molecule has 8 nitrogen and oxygen atoms in total. The summed E-state index contributed by atoms with van der Waals surface area (Å²) in [6.07, 6.45) is 2.40. The minimum Gasteiger partial charge on any atom is -0.480 e. The molecule has 0 aliphatic rings. The quantitative estimate of drug-likeness (QED) is 0.243. The maximum absolute atomic E-state index is 13.5. The molecule has 0 spiro atoms. The number of carboxylic acids is 2. The first-order valence-corrected chi connectivity index (χ1v) is 12.7. The van der Waals surface area contributed by atoms with Gasteiger partial charge in [0, 0.05) is 12.8 Å². The first kappa shape index (κ1) is 26.9. The van der Waals surface area contributed by atoms with Gasteiger partial charge in [0.05, 0.1) is 12.1 Å². The second-order valence-electron chi connectivity index (χ2n) is 9.03. The van der Waals surface area contributed by atoms with Crippen molar-refractivity contribution in [2.45, 2.75) is 45.2 Å². The average molecular weight is 534 g/mol. The van der Waals surface area contributed by atoms with Gasteiger partial charge >= 0.3 is 11.9 Å². The summed E-state index contributed by atoms with van der Waals surface area (Å²) in [7, 11) is 0. The number of amides is 1. The lowest BCUT2D eigenvalue weighted by molar-refractivity contribution is -0.139. The van der Waals surface area contributed by atoms with Crippen LogP contribution in [0.3, 0.4) is 0 Å². The minimum atomic E-state index is -1.17. The topological polar surface area (TPSA) is 122 Å². The van der Waals surface area contributed by atoms with Crippen LogP contribution in [0.15, 0.2) is 66.7 Å². The van der Waals surface area contributed by atoms with Gasteiger partial charge in [0.2, 0.25) is 0 Å². The van der Waals surface area contributed by atoms with E-state index in [0.717, 1.165) is 29.4 Å². The van der Waals surface area contributed by atoms with Crippen LogP contribution in [-0.2, 0) is 24.2 Å². The fourth-order valence-electron chi connectivity index (χ4n) is 4.51. The number of rotatable bonds is 11. The van der Waals surface area contributed by atoms with Gasteiger partial charge in [-0.1, -0.05) is 85.6 Å². The van der Waals surface area contributed by atoms with Crippen molar-refractivity contribution in [3.8, 4) is 0 Å². The van der Waals surface area contributed by atoms with Gasteiger partial charge in [-0.2, -0.15) is 0 Å². The highest BCUT2D eigenvalue weighted by Crippen LogP contribution is 2.27. The van der Waals surface area contributed by atoms with E-state index in [-0.39, 0.29) is 29.4 Å². The van der Waals surface area contributed by atoms with Crippen molar-refractivity contribution in [2.75, 3.05) is 0 Å². The largest absolute Gasteiger partial charge is 0.480 e. The maximum Gasteiger partial charge on any atom is 0.336 e.